The molecule has 2 aliphatic heterocycles. The summed E-state index contributed by atoms with van der Waals surface area (Å²) in [6, 6.07) is 6.87. The van der Waals surface area contributed by atoms with Crippen LogP contribution in [0, 0.1) is 0 Å². The van der Waals surface area contributed by atoms with Gasteiger partial charge in [0.25, 0.3) is 0 Å². The number of nitrogens with two attached hydrogens (primary N) is 1. The maximum absolute atomic E-state index is 13.3. The highest BCUT2D eigenvalue weighted by Crippen LogP contribution is 2.53. The normalized spacial score (nSPS) is 21.3. The van der Waals surface area contributed by atoms with Crippen LogP contribution in [0.5, 0.6) is 0 Å². The number of allylic oxidation sites excluding steroid dienone is 1. The van der Waals surface area contributed by atoms with Gasteiger partial charge < -0.3 is 24.8 Å². The van der Waals surface area contributed by atoms with Crippen molar-refractivity contribution in [1.29, 1.82) is 0 Å². The number of fused-ring (bicyclic) bond motifs is 2. The summed E-state index contributed by atoms with van der Waals surface area (Å²) in [4.78, 5) is 40.9. The van der Waals surface area contributed by atoms with Crippen LogP contribution in [0.1, 0.15) is 33.3 Å². The van der Waals surface area contributed by atoms with Crippen molar-refractivity contribution in [2.45, 2.75) is 38.7 Å². The molecule has 1 aromatic carbocycles. The van der Waals surface area contributed by atoms with Crippen molar-refractivity contribution in [2.75, 3.05) is 19.1 Å². The van der Waals surface area contributed by atoms with Gasteiger partial charge in [-0.25, -0.2) is 14.4 Å². The minimum Gasteiger partial charge on any atom is -0.466 e. The highest BCUT2D eigenvalue weighted by atomic mass is 16.6. The van der Waals surface area contributed by atoms with Crippen molar-refractivity contribution in [1.82, 2.24) is 0 Å². The minimum absolute atomic E-state index is 0.0109. The van der Waals surface area contributed by atoms with E-state index in [4.69, 9.17) is 19.9 Å². The topological polar surface area (TPSA) is 108 Å². The Hall–Kier alpha value is -3.29. The summed E-state index contributed by atoms with van der Waals surface area (Å²) in [5, 5.41) is 0. The van der Waals surface area contributed by atoms with E-state index < -0.39 is 28.9 Å². The van der Waals surface area contributed by atoms with E-state index in [2.05, 4.69) is 0 Å². The molecule has 1 spiro atoms. The first-order chi connectivity index (χ1) is 13.5. The summed E-state index contributed by atoms with van der Waals surface area (Å²) >= 11 is 0. The summed E-state index contributed by atoms with van der Waals surface area (Å²) in [7, 11) is 2.84. The molecule has 2 heterocycles. The predicted octanol–water partition coefficient (Wildman–Crippen LogP) is 1.89. The van der Waals surface area contributed by atoms with Crippen LogP contribution in [0.15, 0.2) is 47.0 Å². The van der Waals surface area contributed by atoms with Gasteiger partial charge in [-0.1, -0.05) is 18.2 Å². The second-order valence-corrected chi connectivity index (χ2v) is 7.90. The molecular weight excluding hydrogens is 376 g/mol. The van der Waals surface area contributed by atoms with Crippen molar-refractivity contribution >= 4 is 23.6 Å². The second kappa shape index (κ2) is 6.65. The summed E-state index contributed by atoms with van der Waals surface area (Å²) in [5.41, 5.74) is 4.27. The molecular formula is C21H24N2O6. The van der Waals surface area contributed by atoms with E-state index in [1.165, 1.54) is 14.0 Å². The minimum atomic E-state index is -1.88. The van der Waals surface area contributed by atoms with E-state index in [1.54, 1.807) is 57.0 Å². The molecule has 3 rings (SSSR count). The van der Waals surface area contributed by atoms with Gasteiger partial charge in [-0.2, -0.15) is 0 Å². The molecule has 0 amide bonds. The number of carbonyl (C=O) groups is 3. The van der Waals surface area contributed by atoms with E-state index in [0.29, 0.717) is 11.3 Å². The summed E-state index contributed by atoms with van der Waals surface area (Å²) in [6.07, 6.45) is 0. The predicted molar refractivity (Wildman–Crippen MR) is 104 cm³/mol. The fraction of sp³-hybridized carbons (Fsp3) is 0.381. The molecule has 29 heavy (non-hydrogen) atoms. The van der Waals surface area contributed by atoms with Gasteiger partial charge in [0.05, 0.1) is 7.11 Å². The van der Waals surface area contributed by atoms with Gasteiger partial charge in [0.2, 0.25) is 0 Å². The molecule has 0 aliphatic carbocycles. The number of para-hydroxylation sites is 1. The molecule has 1 atom stereocenters. The first-order valence-electron chi connectivity index (χ1n) is 9.05. The average molecular weight is 400 g/mol. The van der Waals surface area contributed by atoms with E-state index >= 15 is 0 Å². The molecule has 0 bridgehead atoms. The van der Waals surface area contributed by atoms with E-state index in [9.17, 15) is 14.4 Å². The van der Waals surface area contributed by atoms with E-state index in [0.717, 1.165) is 0 Å². The molecule has 2 N–H and O–H groups in total. The molecule has 8 nitrogen and oxygen atoms in total. The molecule has 0 radical (unpaired) electrons. The van der Waals surface area contributed by atoms with Crippen LogP contribution < -0.4 is 10.6 Å². The molecule has 1 aromatic rings. The zero-order chi connectivity index (χ0) is 21.7. The Bertz CT molecular complexity index is 985. The van der Waals surface area contributed by atoms with Crippen molar-refractivity contribution < 1.29 is 28.6 Å². The molecule has 154 valence electrons. The standard InChI is InChI=1S/C21H24N2O6/c1-11-14(18(25)29-20(2,3)4)21(19(26)28-11)12-9-7-8-10-13(12)23(5)16(22)15(21)17(24)27-6/h7-10H,22H2,1-6H3/t21-/m0/s1. The molecule has 0 unspecified atom stereocenters. The van der Waals surface area contributed by atoms with Crippen molar-refractivity contribution in [3.05, 3.63) is 52.6 Å². The smallest absolute Gasteiger partial charge is 0.339 e. The first kappa shape index (κ1) is 20.4. The van der Waals surface area contributed by atoms with Gasteiger partial charge >= 0.3 is 17.9 Å². The largest absolute Gasteiger partial charge is 0.466 e. The number of methoxy groups -OCH3 is 1. The van der Waals surface area contributed by atoms with Gasteiger partial charge in [0, 0.05) is 18.3 Å². The highest BCUT2D eigenvalue weighted by molar-refractivity contribution is 6.16. The van der Waals surface area contributed by atoms with Crippen LogP contribution >= 0.6 is 0 Å². The van der Waals surface area contributed by atoms with Crippen molar-refractivity contribution in [3.63, 3.8) is 0 Å². The van der Waals surface area contributed by atoms with Gasteiger partial charge in [-0.15, -0.1) is 0 Å². The van der Waals surface area contributed by atoms with Crippen LogP contribution in [0.4, 0.5) is 5.69 Å². The lowest BCUT2D eigenvalue weighted by Crippen LogP contribution is -2.50. The van der Waals surface area contributed by atoms with Crippen LogP contribution in [-0.2, 0) is 34.0 Å². The van der Waals surface area contributed by atoms with E-state index in [-0.39, 0.29) is 22.7 Å². The maximum Gasteiger partial charge on any atom is 0.339 e. The molecule has 8 heteroatoms. The highest BCUT2D eigenvalue weighted by Gasteiger charge is 2.63. The number of nitrogens with zero attached hydrogens (tertiary/aromatic N) is 1. The van der Waals surface area contributed by atoms with Crippen LogP contribution in [0.25, 0.3) is 0 Å². The third kappa shape index (κ3) is 2.86. The monoisotopic (exact) mass is 400 g/mol. The Morgan fingerprint density at radius 1 is 1.14 bits per heavy atom. The van der Waals surface area contributed by atoms with Gasteiger partial charge in [-0.3, -0.25) is 0 Å². The Labute approximate surface area is 168 Å². The number of cyclic esters (lactones) is 1. The molecule has 0 saturated heterocycles. The maximum atomic E-state index is 13.3. The zero-order valence-corrected chi connectivity index (χ0v) is 17.3. The number of hydrogen-bond acceptors (Lipinski definition) is 8. The fourth-order valence-corrected chi connectivity index (χ4v) is 3.80. The quantitative estimate of drug-likeness (QED) is 0.592. The van der Waals surface area contributed by atoms with Gasteiger partial charge in [0.15, 0.2) is 5.41 Å². The van der Waals surface area contributed by atoms with Crippen molar-refractivity contribution in [3.8, 4) is 0 Å². The van der Waals surface area contributed by atoms with Crippen molar-refractivity contribution in [2.24, 2.45) is 5.73 Å². The van der Waals surface area contributed by atoms with Crippen LogP contribution in [0.2, 0.25) is 0 Å². The van der Waals surface area contributed by atoms with Gasteiger partial charge in [-0.05, 0) is 33.8 Å². The SMILES string of the molecule is COC(=O)C1=C(N)N(C)c2ccccc2[C@@]12C(=O)OC(C)=C2C(=O)OC(C)(C)C. The third-order valence-electron chi connectivity index (χ3n) is 4.93. The lowest BCUT2D eigenvalue weighted by atomic mass is 9.66. The van der Waals surface area contributed by atoms with Crippen LogP contribution in [-0.4, -0.2) is 37.7 Å². The number of esters is 3. The van der Waals surface area contributed by atoms with Gasteiger partial charge in [0.1, 0.15) is 28.3 Å². The Kier molecular flexibility index (Phi) is 4.69. The molecule has 0 aromatic heterocycles. The number of ether oxygens (including phenoxy) is 3. The summed E-state index contributed by atoms with van der Waals surface area (Å²) in [6.45, 7) is 6.61. The second-order valence-electron chi connectivity index (χ2n) is 7.90. The molecule has 0 saturated carbocycles. The Morgan fingerprint density at radius 2 is 1.76 bits per heavy atom. The molecule has 2 aliphatic rings. The lowest BCUT2D eigenvalue weighted by molar-refractivity contribution is -0.152. The third-order valence-corrected chi connectivity index (χ3v) is 4.93. The zero-order valence-electron chi connectivity index (χ0n) is 17.3. The Morgan fingerprint density at radius 3 is 2.34 bits per heavy atom. The summed E-state index contributed by atoms with van der Waals surface area (Å²) < 4.78 is 15.9. The number of hydrogen-bond donors (Lipinski definition) is 1. The van der Waals surface area contributed by atoms with Crippen LogP contribution in [0.3, 0.4) is 0 Å². The summed E-state index contributed by atoms with van der Waals surface area (Å²) in [5.74, 6) is -2.37. The number of carbonyl (C=O) groups excluding carboxylic acids is 3. The van der Waals surface area contributed by atoms with E-state index in [1.807, 2.05) is 0 Å². The Balaban J connectivity index is 2.41. The average Bonchev–Trinajstić information content (AvgIpc) is 2.89. The number of benzene rings is 1. The molecule has 0 fully saturated rings. The lowest BCUT2D eigenvalue weighted by Gasteiger charge is -2.40. The fourth-order valence-electron chi connectivity index (χ4n) is 3.80. The first-order valence-corrected chi connectivity index (χ1v) is 9.05. The number of rotatable bonds is 2. The number of anilines is 1.